The zero-order valence-corrected chi connectivity index (χ0v) is 18.8. The van der Waals surface area contributed by atoms with Crippen LogP contribution in [0.15, 0.2) is 53.7 Å². The number of benzene rings is 1. The molecule has 3 heterocycles. The summed E-state index contributed by atoms with van der Waals surface area (Å²) in [7, 11) is -3.65. The fraction of sp³-hybridized carbons (Fsp3) is 0.286. The van der Waals surface area contributed by atoms with Crippen LogP contribution in [0.5, 0.6) is 0 Å². The Balaban J connectivity index is 1.32. The predicted octanol–water partition coefficient (Wildman–Crippen LogP) is 1.88. The van der Waals surface area contributed by atoms with Crippen molar-refractivity contribution in [2.45, 2.75) is 24.3 Å². The van der Waals surface area contributed by atoms with Gasteiger partial charge in [-0.3, -0.25) is 9.78 Å². The van der Waals surface area contributed by atoms with E-state index in [2.05, 4.69) is 25.3 Å². The summed E-state index contributed by atoms with van der Waals surface area (Å²) in [5.74, 6) is -1.10. The normalized spacial score (nSPS) is 15.1. The second-order valence-electron chi connectivity index (χ2n) is 7.54. The number of carbonyl (C=O) groups excluding carboxylic acids is 1. The molecule has 13 heteroatoms. The summed E-state index contributed by atoms with van der Waals surface area (Å²) in [6.45, 7) is 0.167. The number of piperidine rings is 1. The Kier molecular flexibility index (Phi) is 6.93. The number of rotatable bonds is 7. The molecule has 0 saturated carbocycles. The fourth-order valence-electron chi connectivity index (χ4n) is 3.45. The minimum Gasteiger partial charge on any atom is -0.457 e. The van der Waals surface area contributed by atoms with E-state index in [4.69, 9.17) is 10.5 Å². The van der Waals surface area contributed by atoms with Crippen LogP contribution >= 0.6 is 0 Å². The number of nitrogens with two attached hydrogens (primary N) is 1. The average Bonchev–Trinajstić information content (AvgIpc) is 2.84. The molecule has 11 nitrogen and oxygen atoms in total. The van der Waals surface area contributed by atoms with Crippen molar-refractivity contribution in [3.63, 3.8) is 0 Å². The van der Waals surface area contributed by atoms with Crippen molar-refractivity contribution in [3.05, 3.63) is 60.4 Å². The lowest BCUT2D eigenvalue weighted by atomic mass is 9.98. The molecule has 3 N–H and O–H groups in total. The molecule has 1 aliphatic rings. The van der Waals surface area contributed by atoms with Crippen molar-refractivity contribution in [2.24, 2.45) is 5.92 Å². The fourth-order valence-corrected chi connectivity index (χ4v) is 4.89. The van der Waals surface area contributed by atoms with E-state index in [9.17, 15) is 17.6 Å². The number of esters is 1. The molecule has 1 fully saturated rings. The van der Waals surface area contributed by atoms with Crippen LogP contribution in [0.4, 0.5) is 22.0 Å². The molecule has 0 atom stereocenters. The van der Waals surface area contributed by atoms with Crippen molar-refractivity contribution in [1.29, 1.82) is 0 Å². The standard InChI is InChI=1S/C21H22FN7O4S/c22-15-3-5-16(6-4-15)25-21-27-18(26-20(23)28-21)13-33-19(30)14-7-10-29(11-8-14)34(31,32)17-2-1-9-24-12-17/h1-6,9,12,14H,7-8,10-11,13H2,(H3,23,25,26,27,28). The first-order valence-corrected chi connectivity index (χ1v) is 11.8. The van der Waals surface area contributed by atoms with Gasteiger partial charge in [0.2, 0.25) is 21.9 Å². The van der Waals surface area contributed by atoms with Gasteiger partial charge in [0.25, 0.3) is 0 Å². The second-order valence-corrected chi connectivity index (χ2v) is 9.48. The molecule has 0 radical (unpaired) electrons. The van der Waals surface area contributed by atoms with E-state index in [-0.39, 0.29) is 48.1 Å². The number of carbonyl (C=O) groups is 1. The average molecular weight is 488 g/mol. The van der Waals surface area contributed by atoms with E-state index in [0.717, 1.165) is 0 Å². The number of aromatic nitrogens is 4. The van der Waals surface area contributed by atoms with Gasteiger partial charge < -0.3 is 15.8 Å². The van der Waals surface area contributed by atoms with Crippen LogP contribution in [0.2, 0.25) is 0 Å². The van der Waals surface area contributed by atoms with E-state index >= 15 is 0 Å². The van der Waals surface area contributed by atoms with Gasteiger partial charge in [0.15, 0.2) is 12.4 Å². The van der Waals surface area contributed by atoms with Gasteiger partial charge in [-0.05, 0) is 49.2 Å². The number of hydrogen-bond acceptors (Lipinski definition) is 10. The van der Waals surface area contributed by atoms with Crippen molar-refractivity contribution >= 4 is 33.6 Å². The highest BCUT2D eigenvalue weighted by atomic mass is 32.2. The van der Waals surface area contributed by atoms with Gasteiger partial charge in [-0.2, -0.15) is 19.3 Å². The molecule has 2 aromatic heterocycles. The molecule has 178 valence electrons. The number of nitrogen functional groups attached to an aromatic ring is 1. The zero-order valence-electron chi connectivity index (χ0n) is 18.0. The van der Waals surface area contributed by atoms with E-state index in [0.29, 0.717) is 18.5 Å². The molecule has 34 heavy (non-hydrogen) atoms. The molecular formula is C21H22FN7O4S. The highest BCUT2D eigenvalue weighted by Gasteiger charge is 2.33. The van der Waals surface area contributed by atoms with Gasteiger partial charge in [0, 0.05) is 31.2 Å². The third-order valence-corrected chi connectivity index (χ3v) is 7.08. The van der Waals surface area contributed by atoms with E-state index in [1.165, 1.54) is 47.0 Å². The van der Waals surface area contributed by atoms with Crippen molar-refractivity contribution in [3.8, 4) is 0 Å². The number of ether oxygens (including phenoxy) is 1. The van der Waals surface area contributed by atoms with Crippen LogP contribution in [0.3, 0.4) is 0 Å². The van der Waals surface area contributed by atoms with Gasteiger partial charge in [0.1, 0.15) is 10.7 Å². The molecule has 1 aromatic carbocycles. The first-order valence-electron chi connectivity index (χ1n) is 10.4. The number of hydrogen-bond donors (Lipinski definition) is 2. The Morgan fingerprint density at radius 2 is 1.88 bits per heavy atom. The van der Waals surface area contributed by atoms with Crippen LogP contribution in [0, 0.1) is 11.7 Å². The summed E-state index contributed by atoms with van der Waals surface area (Å²) in [5, 5.41) is 2.88. The van der Waals surface area contributed by atoms with Crippen molar-refractivity contribution in [2.75, 3.05) is 24.1 Å². The topological polar surface area (TPSA) is 153 Å². The maximum absolute atomic E-state index is 13.1. The molecule has 0 unspecified atom stereocenters. The second kappa shape index (κ2) is 10.1. The number of pyridine rings is 1. The van der Waals surface area contributed by atoms with Crippen LogP contribution in [0.25, 0.3) is 0 Å². The number of anilines is 3. The molecule has 1 aliphatic heterocycles. The van der Waals surface area contributed by atoms with Crippen LogP contribution in [-0.2, 0) is 26.2 Å². The smallest absolute Gasteiger partial charge is 0.309 e. The van der Waals surface area contributed by atoms with Crippen LogP contribution < -0.4 is 11.1 Å². The van der Waals surface area contributed by atoms with Crippen LogP contribution in [0.1, 0.15) is 18.7 Å². The molecular weight excluding hydrogens is 465 g/mol. The van der Waals surface area contributed by atoms with Gasteiger partial charge in [0.05, 0.1) is 5.92 Å². The quantitative estimate of drug-likeness (QED) is 0.472. The maximum Gasteiger partial charge on any atom is 0.309 e. The molecule has 0 spiro atoms. The van der Waals surface area contributed by atoms with Crippen molar-refractivity contribution < 1.29 is 22.3 Å². The van der Waals surface area contributed by atoms with E-state index < -0.39 is 21.9 Å². The zero-order chi connectivity index (χ0) is 24.1. The maximum atomic E-state index is 13.1. The third kappa shape index (κ3) is 5.61. The lowest BCUT2D eigenvalue weighted by Crippen LogP contribution is -2.40. The molecule has 1 saturated heterocycles. The van der Waals surface area contributed by atoms with Crippen LogP contribution in [-0.4, -0.2) is 51.7 Å². The molecule has 0 amide bonds. The van der Waals surface area contributed by atoms with E-state index in [1.54, 1.807) is 6.07 Å². The first-order chi connectivity index (χ1) is 16.3. The lowest BCUT2D eigenvalue weighted by Gasteiger charge is -2.29. The number of nitrogens with one attached hydrogen (secondary N) is 1. The Hall–Kier alpha value is -3.71. The first kappa shape index (κ1) is 23.4. The van der Waals surface area contributed by atoms with Gasteiger partial charge in [-0.25, -0.2) is 12.8 Å². The summed E-state index contributed by atoms with van der Waals surface area (Å²) < 4.78 is 45.1. The summed E-state index contributed by atoms with van der Waals surface area (Å²) in [5.41, 5.74) is 6.27. The summed E-state index contributed by atoms with van der Waals surface area (Å²) in [6.07, 6.45) is 3.46. The van der Waals surface area contributed by atoms with E-state index in [1.807, 2.05) is 0 Å². The lowest BCUT2D eigenvalue weighted by molar-refractivity contribution is -0.151. The third-order valence-electron chi connectivity index (χ3n) is 5.20. The van der Waals surface area contributed by atoms with Gasteiger partial charge in [-0.15, -0.1) is 0 Å². The Bertz CT molecular complexity index is 1250. The predicted molar refractivity (Wildman–Crippen MR) is 119 cm³/mol. The SMILES string of the molecule is Nc1nc(COC(=O)C2CCN(S(=O)(=O)c3cccnc3)CC2)nc(Nc2ccc(F)cc2)n1. The highest BCUT2D eigenvalue weighted by molar-refractivity contribution is 7.89. The van der Waals surface area contributed by atoms with Gasteiger partial charge >= 0.3 is 5.97 Å². The molecule has 3 aromatic rings. The minimum absolute atomic E-state index is 0.0698. The van der Waals surface area contributed by atoms with Gasteiger partial charge in [-0.1, -0.05) is 0 Å². The summed E-state index contributed by atoms with van der Waals surface area (Å²) in [4.78, 5) is 28.6. The summed E-state index contributed by atoms with van der Waals surface area (Å²) in [6, 6.07) is 8.63. The minimum atomic E-state index is -3.65. The number of halogens is 1. The Morgan fingerprint density at radius 1 is 1.15 bits per heavy atom. The molecule has 0 bridgehead atoms. The molecule has 4 rings (SSSR count). The highest BCUT2D eigenvalue weighted by Crippen LogP contribution is 2.24. The Labute approximate surface area is 195 Å². The number of nitrogens with zero attached hydrogens (tertiary/aromatic N) is 5. The largest absolute Gasteiger partial charge is 0.457 e. The Morgan fingerprint density at radius 3 is 2.56 bits per heavy atom. The number of sulfonamides is 1. The van der Waals surface area contributed by atoms with Crippen molar-refractivity contribution in [1.82, 2.24) is 24.2 Å². The molecule has 0 aliphatic carbocycles. The summed E-state index contributed by atoms with van der Waals surface area (Å²) >= 11 is 0. The monoisotopic (exact) mass is 487 g/mol.